The van der Waals surface area contributed by atoms with Crippen molar-refractivity contribution >= 4 is 37.1 Å². The van der Waals surface area contributed by atoms with Gasteiger partial charge in [-0.2, -0.15) is 0 Å². The summed E-state index contributed by atoms with van der Waals surface area (Å²) in [5.74, 6) is -0.274. The Labute approximate surface area is 120 Å². The molecule has 0 saturated heterocycles. The third kappa shape index (κ3) is 3.15. The number of carbonyl (C=O) groups excluding carboxylic acids is 1. The first-order chi connectivity index (χ1) is 8.89. The number of ketones is 1. The summed E-state index contributed by atoms with van der Waals surface area (Å²) in [6.45, 7) is 0. The second-order valence-electron chi connectivity index (χ2n) is 3.77. The van der Waals surface area contributed by atoms with Gasteiger partial charge in [0.15, 0.2) is 5.78 Å². The van der Waals surface area contributed by atoms with Crippen LogP contribution in [0.5, 0.6) is 0 Å². The molecule has 0 amide bonds. The molecule has 0 saturated carbocycles. The Morgan fingerprint density at radius 1 is 1.00 bits per heavy atom. The van der Waals surface area contributed by atoms with Crippen molar-refractivity contribution in [3.05, 3.63) is 64.7 Å². The molecule has 0 N–H and O–H groups in total. The van der Waals surface area contributed by atoms with E-state index in [1.807, 2.05) is 0 Å². The van der Waals surface area contributed by atoms with Crippen LogP contribution in [0.25, 0.3) is 0 Å². The highest BCUT2D eigenvalue weighted by Gasteiger charge is 2.16. The molecule has 2 aromatic rings. The van der Waals surface area contributed by atoms with E-state index in [2.05, 4.69) is 0 Å². The summed E-state index contributed by atoms with van der Waals surface area (Å²) in [7, 11) is 1.35. The first-order valence-corrected chi connectivity index (χ1v) is 7.92. The Bertz CT molecular complexity index is 725. The predicted molar refractivity (Wildman–Crippen MR) is 74.4 cm³/mol. The van der Waals surface area contributed by atoms with Crippen molar-refractivity contribution in [1.29, 1.82) is 0 Å². The number of benzene rings is 2. The minimum absolute atomic E-state index is 0.0515. The third-order valence-electron chi connectivity index (χ3n) is 2.50. The zero-order valence-corrected chi connectivity index (χ0v) is 11.8. The topological polar surface area (TPSA) is 51.2 Å². The number of halogens is 2. The van der Waals surface area contributed by atoms with E-state index in [4.69, 9.17) is 22.3 Å². The van der Waals surface area contributed by atoms with Crippen LogP contribution >= 0.6 is 22.3 Å². The standard InChI is InChI=1S/C13H8Cl2O3S/c14-12-8-10(19(15,17)18)6-7-11(12)13(16)9-4-2-1-3-5-9/h1-8H. The SMILES string of the molecule is O=C(c1ccccc1)c1ccc(S(=O)(=O)Cl)cc1Cl. The van der Waals surface area contributed by atoms with Crippen molar-refractivity contribution < 1.29 is 13.2 Å². The maximum Gasteiger partial charge on any atom is 0.261 e. The highest BCUT2D eigenvalue weighted by Crippen LogP contribution is 2.25. The normalized spacial score (nSPS) is 11.3. The highest BCUT2D eigenvalue weighted by atomic mass is 35.7. The molecule has 0 unspecified atom stereocenters. The molecular formula is C13H8Cl2O3S. The smallest absolute Gasteiger partial charge is 0.261 e. The van der Waals surface area contributed by atoms with Crippen LogP contribution in [0.1, 0.15) is 15.9 Å². The van der Waals surface area contributed by atoms with E-state index in [1.54, 1.807) is 30.3 Å². The number of hydrogen-bond donors (Lipinski definition) is 0. The van der Waals surface area contributed by atoms with Gasteiger partial charge in [0, 0.05) is 21.8 Å². The Morgan fingerprint density at radius 3 is 2.16 bits per heavy atom. The van der Waals surface area contributed by atoms with Crippen molar-refractivity contribution in [3.8, 4) is 0 Å². The van der Waals surface area contributed by atoms with Crippen molar-refractivity contribution in [2.75, 3.05) is 0 Å². The molecule has 0 aliphatic rings. The van der Waals surface area contributed by atoms with Crippen LogP contribution in [0.3, 0.4) is 0 Å². The molecule has 0 heterocycles. The van der Waals surface area contributed by atoms with Crippen molar-refractivity contribution in [2.45, 2.75) is 4.90 Å². The largest absolute Gasteiger partial charge is 0.289 e. The number of carbonyl (C=O) groups is 1. The second-order valence-corrected chi connectivity index (χ2v) is 6.75. The lowest BCUT2D eigenvalue weighted by Gasteiger charge is -2.05. The molecule has 6 heteroatoms. The summed E-state index contributed by atoms with van der Waals surface area (Å²) in [4.78, 5) is 12.0. The number of hydrogen-bond acceptors (Lipinski definition) is 3. The average Bonchev–Trinajstić information content (AvgIpc) is 2.38. The fourth-order valence-electron chi connectivity index (χ4n) is 1.58. The molecule has 19 heavy (non-hydrogen) atoms. The van der Waals surface area contributed by atoms with Gasteiger partial charge in [0.25, 0.3) is 9.05 Å². The Balaban J connectivity index is 2.46. The van der Waals surface area contributed by atoms with Gasteiger partial charge in [0.05, 0.1) is 9.92 Å². The zero-order valence-electron chi connectivity index (χ0n) is 9.51. The van der Waals surface area contributed by atoms with Gasteiger partial charge >= 0.3 is 0 Å². The maximum atomic E-state index is 12.2. The van der Waals surface area contributed by atoms with E-state index in [1.165, 1.54) is 18.2 Å². The summed E-state index contributed by atoms with van der Waals surface area (Å²) in [5.41, 5.74) is 0.711. The molecule has 2 rings (SSSR count). The Hall–Kier alpha value is -1.36. The van der Waals surface area contributed by atoms with Crippen LogP contribution < -0.4 is 0 Å². The third-order valence-corrected chi connectivity index (χ3v) is 4.17. The molecule has 0 aromatic heterocycles. The lowest BCUT2D eigenvalue weighted by Crippen LogP contribution is -2.03. The fraction of sp³-hybridized carbons (Fsp3) is 0. The fourth-order valence-corrected chi connectivity index (χ4v) is 2.68. The van der Waals surface area contributed by atoms with Crippen molar-refractivity contribution in [2.24, 2.45) is 0 Å². The Morgan fingerprint density at radius 2 is 1.63 bits per heavy atom. The lowest BCUT2D eigenvalue weighted by molar-refractivity contribution is 0.103. The summed E-state index contributed by atoms with van der Waals surface area (Å²) in [6, 6.07) is 12.4. The monoisotopic (exact) mass is 314 g/mol. The number of rotatable bonds is 3. The summed E-state index contributed by atoms with van der Waals surface area (Å²) >= 11 is 5.94. The van der Waals surface area contributed by atoms with Crippen LogP contribution in [0.15, 0.2) is 53.4 Å². The van der Waals surface area contributed by atoms with E-state index in [-0.39, 0.29) is 21.3 Å². The highest BCUT2D eigenvalue weighted by molar-refractivity contribution is 8.13. The lowest BCUT2D eigenvalue weighted by atomic mass is 10.0. The minimum atomic E-state index is -3.86. The first-order valence-electron chi connectivity index (χ1n) is 5.23. The van der Waals surface area contributed by atoms with Crippen LogP contribution in [0.4, 0.5) is 0 Å². The van der Waals surface area contributed by atoms with E-state index in [0.29, 0.717) is 5.56 Å². The molecule has 2 aromatic carbocycles. The van der Waals surface area contributed by atoms with Crippen LogP contribution in [-0.2, 0) is 9.05 Å². The first kappa shape index (κ1) is 14.1. The predicted octanol–water partition coefficient (Wildman–Crippen LogP) is 3.50. The molecule has 0 bridgehead atoms. The maximum absolute atomic E-state index is 12.2. The molecule has 98 valence electrons. The quantitative estimate of drug-likeness (QED) is 0.643. The summed E-state index contributed by atoms with van der Waals surface area (Å²) in [5, 5.41) is 0.0515. The van der Waals surface area contributed by atoms with Crippen molar-refractivity contribution in [1.82, 2.24) is 0 Å². The molecule has 0 aliphatic carbocycles. The van der Waals surface area contributed by atoms with Gasteiger partial charge in [-0.25, -0.2) is 8.42 Å². The van der Waals surface area contributed by atoms with Gasteiger partial charge in [-0.15, -0.1) is 0 Å². The van der Waals surface area contributed by atoms with E-state index in [9.17, 15) is 13.2 Å². The molecular weight excluding hydrogens is 307 g/mol. The Kier molecular flexibility index (Phi) is 3.94. The van der Waals surface area contributed by atoms with Gasteiger partial charge in [-0.05, 0) is 18.2 Å². The molecule has 0 spiro atoms. The van der Waals surface area contributed by atoms with E-state index < -0.39 is 9.05 Å². The minimum Gasteiger partial charge on any atom is -0.289 e. The van der Waals surface area contributed by atoms with Crippen LogP contribution in [0, 0.1) is 0 Å². The molecule has 0 atom stereocenters. The molecule has 3 nitrogen and oxygen atoms in total. The van der Waals surface area contributed by atoms with Gasteiger partial charge in [-0.3, -0.25) is 4.79 Å². The van der Waals surface area contributed by atoms with E-state index >= 15 is 0 Å². The van der Waals surface area contributed by atoms with Crippen LogP contribution in [-0.4, -0.2) is 14.2 Å². The average molecular weight is 315 g/mol. The molecule has 0 radical (unpaired) electrons. The molecule has 0 fully saturated rings. The molecule has 0 aliphatic heterocycles. The van der Waals surface area contributed by atoms with Gasteiger partial charge in [0.2, 0.25) is 0 Å². The summed E-state index contributed by atoms with van der Waals surface area (Å²) in [6.07, 6.45) is 0. The van der Waals surface area contributed by atoms with Gasteiger partial charge in [0.1, 0.15) is 0 Å². The second kappa shape index (κ2) is 5.33. The van der Waals surface area contributed by atoms with Gasteiger partial charge < -0.3 is 0 Å². The summed E-state index contributed by atoms with van der Waals surface area (Å²) < 4.78 is 22.3. The van der Waals surface area contributed by atoms with Crippen LogP contribution in [0.2, 0.25) is 5.02 Å². The zero-order chi connectivity index (χ0) is 14.0. The van der Waals surface area contributed by atoms with E-state index in [0.717, 1.165) is 0 Å². The van der Waals surface area contributed by atoms with Gasteiger partial charge in [-0.1, -0.05) is 41.9 Å². The van der Waals surface area contributed by atoms with Crippen molar-refractivity contribution in [3.63, 3.8) is 0 Å².